The molecule has 0 aliphatic carbocycles. The molecule has 0 aliphatic rings. The van der Waals surface area contributed by atoms with Gasteiger partial charge < -0.3 is 10.6 Å². The average Bonchev–Trinajstić information content (AvgIpc) is 2.43. The van der Waals surface area contributed by atoms with E-state index in [0.717, 1.165) is 17.8 Å². The molecule has 0 fully saturated rings. The van der Waals surface area contributed by atoms with Gasteiger partial charge in [0.25, 0.3) is 5.91 Å². The fourth-order valence-corrected chi connectivity index (χ4v) is 2.52. The van der Waals surface area contributed by atoms with E-state index >= 15 is 0 Å². The van der Waals surface area contributed by atoms with E-state index in [1.165, 1.54) is 0 Å². The van der Waals surface area contributed by atoms with Crippen LogP contribution in [0.15, 0.2) is 36.4 Å². The fourth-order valence-electron chi connectivity index (χ4n) is 2.03. The summed E-state index contributed by atoms with van der Waals surface area (Å²) in [5.41, 5.74) is 2.89. The van der Waals surface area contributed by atoms with Crippen LogP contribution in [0.3, 0.4) is 0 Å². The highest BCUT2D eigenvalue weighted by Crippen LogP contribution is 2.30. The van der Waals surface area contributed by atoms with Crippen molar-refractivity contribution >= 4 is 40.5 Å². The molecule has 0 aromatic heterocycles. The molecule has 2 aromatic carbocycles. The van der Waals surface area contributed by atoms with Crippen molar-refractivity contribution < 1.29 is 4.79 Å². The lowest BCUT2D eigenvalue weighted by molar-refractivity contribution is 0.102. The average molecular weight is 323 g/mol. The number of rotatable bonds is 4. The third-order valence-corrected chi connectivity index (χ3v) is 3.68. The van der Waals surface area contributed by atoms with Crippen molar-refractivity contribution in [3.05, 3.63) is 57.6 Å². The third-order valence-electron chi connectivity index (χ3n) is 3.05. The van der Waals surface area contributed by atoms with Gasteiger partial charge in [0.15, 0.2) is 0 Å². The number of halogens is 2. The Labute approximate surface area is 134 Å². The maximum absolute atomic E-state index is 12.4. The lowest BCUT2D eigenvalue weighted by Crippen LogP contribution is -2.14. The molecule has 5 heteroatoms. The zero-order valence-electron chi connectivity index (χ0n) is 11.8. The Balaban J connectivity index is 2.25. The van der Waals surface area contributed by atoms with Crippen molar-refractivity contribution in [2.75, 3.05) is 17.2 Å². The number of aryl methyl sites for hydroxylation is 1. The molecule has 0 bridgehead atoms. The van der Waals surface area contributed by atoms with Gasteiger partial charge in [0, 0.05) is 17.8 Å². The molecule has 0 saturated carbocycles. The predicted molar refractivity (Wildman–Crippen MR) is 89.8 cm³/mol. The first-order chi connectivity index (χ1) is 10.0. The van der Waals surface area contributed by atoms with E-state index in [9.17, 15) is 4.79 Å². The molecule has 110 valence electrons. The van der Waals surface area contributed by atoms with Crippen molar-refractivity contribution in [3.63, 3.8) is 0 Å². The third kappa shape index (κ3) is 3.69. The fraction of sp³-hybridized carbons (Fsp3) is 0.188. The van der Waals surface area contributed by atoms with Gasteiger partial charge in [0.05, 0.1) is 15.7 Å². The van der Waals surface area contributed by atoms with Crippen LogP contribution in [0.1, 0.15) is 22.8 Å². The summed E-state index contributed by atoms with van der Waals surface area (Å²) < 4.78 is 0. The van der Waals surface area contributed by atoms with Crippen LogP contribution in [0.4, 0.5) is 11.4 Å². The Hall–Kier alpha value is -1.71. The Bertz CT molecular complexity index is 651. The summed E-state index contributed by atoms with van der Waals surface area (Å²) in [5.74, 6) is -0.231. The number of nitrogens with one attached hydrogen (secondary N) is 2. The van der Waals surface area contributed by atoms with Gasteiger partial charge >= 0.3 is 0 Å². The first-order valence-electron chi connectivity index (χ1n) is 6.62. The minimum atomic E-state index is -0.231. The molecule has 0 aliphatic heterocycles. The van der Waals surface area contributed by atoms with Crippen LogP contribution in [0.2, 0.25) is 10.0 Å². The number of hydrogen-bond acceptors (Lipinski definition) is 2. The molecule has 0 saturated heterocycles. The zero-order chi connectivity index (χ0) is 15.4. The molecular weight excluding hydrogens is 307 g/mol. The highest BCUT2D eigenvalue weighted by molar-refractivity contribution is 6.40. The van der Waals surface area contributed by atoms with E-state index < -0.39 is 0 Å². The summed E-state index contributed by atoms with van der Waals surface area (Å²) in [6.07, 6.45) is 0. The summed E-state index contributed by atoms with van der Waals surface area (Å²) >= 11 is 12.1. The second-order valence-corrected chi connectivity index (χ2v) is 5.43. The van der Waals surface area contributed by atoms with Gasteiger partial charge in [-0.15, -0.1) is 0 Å². The second-order valence-electron chi connectivity index (χ2n) is 4.61. The molecule has 1 amide bonds. The van der Waals surface area contributed by atoms with Crippen LogP contribution in [0, 0.1) is 6.92 Å². The molecule has 2 N–H and O–H groups in total. The molecule has 2 rings (SSSR count). The lowest BCUT2D eigenvalue weighted by Gasteiger charge is -2.12. The quantitative estimate of drug-likeness (QED) is 0.832. The Kier molecular flexibility index (Phi) is 5.10. The van der Waals surface area contributed by atoms with Crippen LogP contribution in [-0.4, -0.2) is 12.5 Å². The van der Waals surface area contributed by atoms with Gasteiger partial charge in [-0.3, -0.25) is 4.79 Å². The summed E-state index contributed by atoms with van der Waals surface area (Å²) in [7, 11) is 0. The van der Waals surface area contributed by atoms with Crippen molar-refractivity contribution in [2.45, 2.75) is 13.8 Å². The largest absolute Gasteiger partial charge is 0.385 e. The smallest absolute Gasteiger partial charge is 0.256 e. The van der Waals surface area contributed by atoms with E-state index in [1.807, 2.05) is 26.0 Å². The summed E-state index contributed by atoms with van der Waals surface area (Å²) in [4.78, 5) is 12.4. The lowest BCUT2D eigenvalue weighted by atomic mass is 10.1. The van der Waals surface area contributed by atoms with E-state index in [1.54, 1.807) is 24.3 Å². The Morgan fingerprint density at radius 3 is 2.38 bits per heavy atom. The number of amides is 1. The van der Waals surface area contributed by atoms with Gasteiger partial charge in [-0.1, -0.05) is 29.3 Å². The van der Waals surface area contributed by atoms with Crippen LogP contribution in [0.25, 0.3) is 0 Å². The number of hydrogen-bond donors (Lipinski definition) is 2. The molecule has 0 radical (unpaired) electrons. The Morgan fingerprint density at radius 1 is 1.14 bits per heavy atom. The molecule has 0 atom stereocenters. The van der Waals surface area contributed by atoms with Gasteiger partial charge in [-0.2, -0.15) is 0 Å². The number of benzene rings is 2. The molecule has 0 spiro atoms. The first kappa shape index (κ1) is 15.7. The van der Waals surface area contributed by atoms with Crippen LogP contribution in [-0.2, 0) is 0 Å². The molecule has 0 heterocycles. The monoisotopic (exact) mass is 322 g/mol. The van der Waals surface area contributed by atoms with E-state index in [0.29, 0.717) is 21.3 Å². The molecular formula is C16H16Cl2N2O. The molecule has 0 unspecified atom stereocenters. The van der Waals surface area contributed by atoms with Crippen molar-refractivity contribution in [2.24, 2.45) is 0 Å². The Morgan fingerprint density at radius 2 is 1.81 bits per heavy atom. The minimum Gasteiger partial charge on any atom is -0.385 e. The van der Waals surface area contributed by atoms with Crippen molar-refractivity contribution in [1.29, 1.82) is 0 Å². The number of para-hydroxylation sites is 1. The zero-order valence-corrected chi connectivity index (χ0v) is 13.3. The second kappa shape index (κ2) is 6.83. The van der Waals surface area contributed by atoms with Gasteiger partial charge in [0.1, 0.15) is 0 Å². The summed E-state index contributed by atoms with van der Waals surface area (Å²) in [6, 6.07) is 10.7. The molecule has 2 aromatic rings. The number of anilines is 2. The SMILES string of the molecule is CCNc1ccc(C(=O)Nc2c(Cl)cccc2Cl)c(C)c1. The maximum Gasteiger partial charge on any atom is 0.256 e. The van der Waals surface area contributed by atoms with Crippen LogP contribution >= 0.6 is 23.2 Å². The number of carbonyl (C=O) groups excluding carboxylic acids is 1. The minimum absolute atomic E-state index is 0.231. The summed E-state index contributed by atoms with van der Waals surface area (Å²) in [5, 5.41) is 6.80. The van der Waals surface area contributed by atoms with Crippen LogP contribution in [0.5, 0.6) is 0 Å². The van der Waals surface area contributed by atoms with Crippen molar-refractivity contribution in [1.82, 2.24) is 0 Å². The van der Waals surface area contributed by atoms with E-state index in [4.69, 9.17) is 23.2 Å². The van der Waals surface area contributed by atoms with Crippen molar-refractivity contribution in [3.8, 4) is 0 Å². The predicted octanol–water partition coefficient (Wildman–Crippen LogP) is 4.99. The molecule has 21 heavy (non-hydrogen) atoms. The highest BCUT2D eigenvalue weighted by Gasteiger charge is 2.13. The van der Waals surface area contributed by atoms with Gasteiger partial charge in [-0.25, -0.2) is 0 Å². The normalized spacial score (nSPS) is 10.3. The van der Waals surface area contributed by atoms with Gasteiger partial charge in [-0.05, 0) is 49.7 Å². The first-order valence-corrected chi connectivity index (χ1v) is 7.38. The number of carbonyl (C=O) groups is 1. The topological polar surface area (TPSA) is 41.1 Å². The van der Waals surface area contributed by atoms with E-state index in [-0.39, 0.29) is 5.91 Å². The highest BCUT2D eigenvalue weighted by atomic mass is 35.5. The molecule has 3 nitrogen and oxygen atoms in total. The van der Waals surface area contributed by atoms with E-state index in [2.05, 4.69) is 10.6 Å². The summed E-state index contributed by atoms with van der Waals surface area (Å²) in [6.45, 7) is 4.75. The standard InChI is InChI=1S/C16H16Cl2N2O/c1-3-19-11-7-8-12(10(2)9-11)16(21)20-15-13(17)5-4-6-14(15)18/h4-9,19H,3H2,1-2H3,(H,20,21). The maximum atomic E-state index is 12.4. The van der Waals surface area contributed by atoms with Gasteiger partial charge in [0.2, 0.25) is 0 Å². The van der Waals surface area contributed by atoms with Crippen LogP contribution < -0.4 is 10.6 Å².